The van der Waals surface area contributed by atoms with Crippen LogP contribution in [0.5, 0.6) is 0 Å². The number of carbonyl (C=O) groups is 1. The summed E-state index contributed by atoms with van der Waals surface area (Å²) in [6.45, 7) is 2.06. The lowest BCUT2D eigenvalue weighted by Crippen LogP contribution is -2.31. The normalized spacial score (nSPS) is 12.2. The third kappa shape index (κ3) is 3.53. The second kappa shape index (κ2) is 6.49. The molecule has 0 fully saturated rings. The number of carboxylic acids is 1. The van der Waals surface area contributed by atoms with Crippen LogP contribution in [0, 0.1) is 0 Å². The average Bonchev–Trinajstić information content (AvgIpc) is 2.34. The Bertz CT molecular complexity index is 426. The van der Waals surface area contributed by atoms with Crippen molar-refractivity contribution in [2.75, 3.05) is 29.7 Å². The monoisotopic (exact) mass is 269 g/mol. The van der Waals surface area contributed by atoms with E-state index in [2.05, 4.69) is 18.2 Å². The molecule has 0 amide bonds. The Hall–Kier alpha value is -1.43. The molecule has 18 heavy (non-hydrogen) atoms. The number of thioether (sulfide) groups is 1. The van der Waals surface area contributed by atoms with Gasteiger partial charge in [-0.3, -0.25) is 0 Å². The van der Waals surface area contributed by atoms with Crippen LogP contribution in [0.25, 0.3) is 0 Å². The lowest BCUT2D eigenvalue weighted by molar-refractivity contribution is 0.0697. The molecule has 0 aromatic carbocycles. The molecule has 1 atom stereocenters. The van der Waals surface area contributed by atoms with E-state index in [1.165, 1.54) is 12.3 Å². The molecule has 0 spiro atoms. The van der Waals surface area contributed by atoms with Crippen molar-refractivity contribution in [2.45, 2.75) is 19.4 Å². The van der Waals surface area contributed by atoms with E-state index in [0.29, 0.717) is 11.5 Å². The van der Waals surface area contributed by atoms with Crippen molar-refractivity contribution < 1.29 is 9.90 Å². The van der Waals surface area contributed by atoms with Crippen LogP contribution >= 0.6 is 11.8 Å². The van der Waals surface area contributed by atoms with Crippen molar-refractivity contribution in [2.24, 2.45) is 0 Å². The van der Waals surface area contributed by atoms with Crippen LogP contribution in [0.3, 0.4) is 0 Å². The Labute approximate surface area is 111 Å². The highest BCUT2D eigenvalue weighted by atomic mass is 32.2. The minimum atomic E-state index is -1.01. The van der Waals surface area contributed by atoms with Gasteiger partial charge in [0.15, 0.2) is 0 Å². The first kappa shape index (κ1) is 14.6. The van der Waals surface area contributed by atoms with Crippen molar-refractivity contribution >= 4 is 29.2 Å². The number of carboxylic acid groups (broad SMARTS) is 1. The van der Waals surface area contributed by atoms with E-state index >= 15 is 0 Å². The highest BCUT2D eigenvalue weighted by Crippen LogP contribution is 2.22. The molecule has 0 radical (unpaired) electrons. The summed E-state index contributed by atoms with van der Waals surface area (Å²) < 4.78 is 0. The SMILES string of the molecule is CSCCC(C)N(C)c1ncc(N)cc1C(=O)O. The fraction of sp³-hybridized carbons (Fsp3) is 0.500. The van der Waals surface area contributed by atoms with Gasteiger partial charge in [-0.05, 0) is 31.4 Å². The first-order valence-electron chi connectivity index (χ1n) is 5.68. The standard InChI is InChI=1S/C12H19N3O2S/c1-8(4-5-18-3)15(2)11-10(12(16)17)6-9(13)7-14-11/h6-8H,4-5,13H2,1-3H3,(H,16,17). The van der Waals surface area contributed by atoms with E-state index in [9.17, 15) is 9.90 Å². The van der Waals surface area contributed by atoms with Crippen LogP contribution in [0.2, 0.25) is 0 Å². The predicted octanol–water partition coefficient (Wildman–Crippen LogP) is 1.94. The Morgan fingerprint density at radius 1 is 1.67 bits per heavy atom. The summed E-state index contributed by atoms with van der Waals surface area (Å²) in [4.78, 5) is 17.2. The summed E-state index contributed by atoms with van der Waals surface area (Å²) in [5.74, 6) is 0.488. The maximum Gasteiger partial charge on any atom is 0.339 e. The number of anilines is 2. The number of nitrogen functional groups attached to an aromatic ring is 1. The summed E-state index contributed by atoms with van der Waals surface area (Å²) in [7, 11) is 1.86. The quantitative estimate of drug-likeness (QED) is 0.821. The number of aromatic carboxylic acids is 1. The summed E-state index contributed by atoms with van der Waals surface area (Å²) in [5, 5.41) is 9.17. The van der Waals surface area contributed by atoms with E-state index in [4.69, 9.17) is 5.73 Å². The zero-order valence-corrected chi connectivity index (χ0v) is 11.7. The topological polar surface area (TPSA) is 79.5 Å². The Morgan fingerprint density at radius 3 is 2.89 bits per heavy atom. The highest BCUT2D eigenvalue weighted by Gasteiger charge is 2.19. The molecule has 1 heterocycles. The zero-order valence-electron chi connectivity index (χ0n) is 10.9. The van der Waals surface area contributed by atoms with Crippen LogP contribution in [-0.2, 0) is 0 Å². The Balaban J connectivity index is 2.97. The third-order valence-corrected chi connectivity index (χ3v) is 3.50. The summed E-state index contributed by atoms with van der Waals surface area (Å²) in [6.07, 6.45) is 4.51. The molecule has 5 nitrogen and oxygen atoms in total. The van der Waals surface area contributed by atoms with Crippen LogP contribution in [-0.4, -0.2) is 41.2 Å². The molecular formula is C12H19N3O2S. The number of hydrogen-bond donors (Lipinski definition) is 2. The van der Waals surface area contributed by atoms with Gasteiger partial charge in [-0.2, -0.15) is 11.8 Å². The van der Waals surface area contributed by atoms with Crippen molar-refractivity contribution in [3.8, 4) is 0 Å². The molecule has 1 aromatic rings. The fourth-order valence-corrected chi connectivity index (χ4v) is 2.18. The molecule has 0 bridgehead atoms. The summed E-state index contributed by atoms with van der Waals surface area (Å²) in [6, 6.07) is 1.68. The molecule has 6 heteroatoms. The van der Waals surface area contributed by atoms with Gasteiger partial charge in [0.2, 0.25) is 0 Å². The van der Waals surface area contributed by atoms with Gasteiger partial charge in [-0.25, -0.2) is 9.78 Å². The van der Waals surface area contributed by atoms with Crippen molar-refractivity contribution in [3.05, 3.63) is 17.8 Å². The van der Waals surface area contributed by atoms with Gasteiger partial charge in [0.05, 0.1) is 11.9 Å². The molecule has 0 saturated carbocycles. The van der Waals surface area contributed by atoms with Gasteiger partial charge in [0.1, 0.15) is 11.4 Å². The van der Waals surface area contributed by atoms with Crippen LogP contribution < -0.4 is 10.6 Å². The molecule has 1 aromatic heterocycles. The van der Waals surface area contributed by atoms with Gasteiger partial charge in [-0.1, -0.05) is 0 Å². The van der Waals surface area contributed by atoms with Crippen molar-refractivity contribution in [3.63, 3.8) is 0 Å². The molecule has 3 N–H and O–H groups in total. The molecule has 0 saturated heterocycles. The number of pyridine rings is 1. The van der Waals surface area contributed by atoms with Crippen molar-refractivity contribution in [1.82, 2.24) is 4.98 Å². The second-order valence-corrected chi connectivity index (χ2v) is 5.17. The molecule has 100 valence electrons. The maximum absolute atomic E-state index is 11.2. The Morgan fingerprint density at radius 2 is 2.33 bits per heavy atom. The van der Waals surface area contributed by atoms with Crippen LogP contribution in [0.1, 0.15) is 23.7 Å². The molecule has 1 unspecified atom stereocenters. The molecule has 0 aliphatic rings. The molecule has 0 aliphatic carbocycles. The maximum atomic E-state index is 11.2. The highest BCUT2D eigenvalue weighted by molar-refractivity contribution is 7.98. The van der Waals surface area contributed by atoms with Gasteiger partial charge in [-0.15, -0.1) is 0 Å². The van der Waals surface area contributed by atoms with Gasteiger partial charge >= 0.3 is 5.97 Å². The number of nitrogens with zero attached hydrogens (tertiary/aromatic N) is 2. The Kier molecular flexibility index (Phi) is 5.27. The van der Waals surface area contributed by atoms with Gasteiger partial charge in [0, 0.05) is 13.1 Å². The third-order valence-electron chi connectivity index (χ3n) is 2.85. The first-order valence-corrected chi connectivity index (χ1v) is 7.07. The number of rotatable bonds is 6. The first-order chi connectivity index (χ1) is 8.47. The largest absolute Gasteiger partial charge is 0.478 e. The van der Waals surface area contributed by atoms with E-state index in [-0.39, 0.29) is 11.6 Å². The zero-order chi connectivity index (χ0) is 13.7. The van der Waals surface area contributed by atoms with E-state index in [1.807, 2.05) is 11.9 Å². The lowest BCUT2D eigenvalue weighted by atomic mass is 10.2. The number of nitrogens with two attached hydrogens (primary N) is 1. The van der Waals surface area contributed by atoms with Crippen molar-refractivity contribution in [1.29, 1.82) is 0 Å². The van der Waals surface area contributed by atoms with Gasteiger partial charge < -0.3 is 15.7 Å². The molecule has 1 rings (SSSR count). The van der Waals surface area contributed by atoms with E-state index < -0.39 is 5.97 Å². The van der Waals surface area contributed by atoms with Crippen LogP contribution in [0.15, 0.2) is 12.3 Å². The average molecular weight is 269 g/mol. The fourth-order valence-electron chi connectivity index (χ4n) is 1.60. The summed E-state index contributed by atoms with van der Waals surface area (Å²) >= 11 is 1.77. The predicted molar refractivity (Wildman–Crippen MR) is 76.5 cm³/mol. The van der Waals surface area contributed by atoms with Crippen LogP contribution in [0.4, 0.5) is 11.5 Å². The molecule has 0 aliphatic heterocycles. The lowest BCUT2D eigenvalue weighted by Gasteiger charge is -2.27. The number of aromatic nitrogens is 1. The molecular weight excluding hydrogens is 250 g/mol. The van der Waals surface area contributed by atoms with E-state index in [1.54, 1.807) is 11.8 Å². The minimum Gasteiger partial charge on any atom is -0.478 e. The minimum absolute atomic E-state index is 0.147. The smallest absolute Gasteiger partial charge is 0.339 e. The second-order valence-electron chi connectivity index (χ2n) is 4.19. The summed E-state index contributed by atoms with van der Waals surface area (Å²) in [5.41, 5.74) is 6.08. The van der Waals surface area contributed by atoms with E-state index in [0.717, 1.165) is 12.2 Å². The number of hydrogen-bond acceptors (Lipinski definition) is 5. The van der Waals surface area contributed by atoms with Gasteiger partial charge in [0.25, 0.3) is 0 Å².